The molecule has 0 fully saturated rings. The molecule has 1 aromatic carbocycles. The van der Waals surface area contributed by atoms with E-state index in [1.165, 1.54) is 18.2 Å². The molecule has 14 heteroatoms. The fourth-order valence-corrected chi connectivity index (χ4v) is 2.80. The number of esters is 1. The molecule has 0 aliphatic carbocycles. The predicted octanol–water partition coefficient (Wildman–Crippen LogP) is 2.54. The summed E-state index contributed by atoms with van der Waals surface area (Å²) in [6, 6.07) is 4.37. The number of hydrogen-bond donors (Lipinski definition) is 1. The first-order chi connectivity index (χ1) is 14.3. The predicted molar refractivity (Wildman–Crippen MR) is 95.9 cm³/mol. The van der Waals surface area contributed by atoms with Crippen LogP contribution in [0, 0.1) is 0 Å². The van der Waals surface area contributed by atoms with Crippen LogP contribution in [-0.2, 0) is 19.6 Å². The van der Waals surface area contributed by atoms with Crippen LogP contribution in [0.5, 0.6) is 5.75 Å². The molecule has 9 nitrogen and oxygen atoms in total. The molecule has 0 spiro atoms. The van der Waals surface area contributed by atoms with E-state index in [9.17, 15) is 40.1 Å². The Kier molecular flexibility index (Phi) is 7.28. The normalized spacial score (nSPS) is 12.8. The summed E-state index contributed by atoms with van der Waals surface area (Å²) in [6.07, 6.45) is -2.33. The number of rotatable bonds is 11. The van der Waals surface area contributed by atoms with Crippen LogP contribution in [0.1, 0.15) is 19.3 Å². The fraction of sp³-hybridized carbons (Fsp3) is 0.412. The Morgan fingerprint density at radius 2 is 1.90 bits per heavy atom. The minimum absolute atomic E-state index is 0.00684. The largest absolute Gasteiger partial charge is 0.743 e. The van der Waals surface area contributed by atoms with Gasteiger partial charge in [-0.25, -0.2) is 18.0 Å². The summed E-state index contributed by atoms with van der Waals surface area (Å²) in [4.78, 5) is 25.6. The molecular weight excluding hydrogens is 454 g/mol. The minimum Gasteiger partial charge on any atom is -0.743 e. The van der Waals surface area contributed by atoms with Gasteiger partial charge in [0.15, 0.2) is 21.5 Å². The molecule has 0 bridgehead atoms. The average molecular weight is 470 g/mol. The SMILES string of the molecule is C=C(COCCCCC(F)(F)C(F)(F)S(=O)(=O)[O-])C(=O)Oc1cccc2[nH]c(=O)oc12. The van der Waals surface area contributed by atoms with Crippen LogP contribution in [0.2, 0.25) is 0 Å². The Labute approximate surface area is 172 Å². The number of benzene rings is 1. The van der Waals surface area contributed by atoms with Crippen molar-refractivity contribution < 1.29 is 49.2 Å². The lowest BCUT2D eigenvalue weighted by molar-refractivity contribution is -0.165. The zero-order chi connectivity index (χ0) is 23.4. The Hall–Kier alpha value is -2.71. The summed E-state index contributed by atoms with van der Waals surface area (Å²) in [7, 11) is -6.52. The summed E-state index contributed by atoms with van der Waals surface area (Å²) >= 11 is 0. The number of aromatic nitrogens is 1. The van der Waals surface area contributed by atoms with Crippen molar-refractivity contribution in [1.29, 1.82) is 0 Å². The lowest BCUT2D eigenvalue weighted by atomic mass is 10.1. The number of oxazole rings is 1. The average Bonchev–Trinajstić information content (AvgIpc) is 3.04. The molecule has 0 saturated heterocycles. The Morgan fingerprint density at radius 3 is 2.55 bits per heavy atom. The van der Waals surface area contributed by atoms with Crippen molar-refractivity contribution in [1.82, 2.24) is 4.98 Å². The molecule has 1 aromatic heterocycles. The van der Waals surface area contributed by atoms with Crippen molar-refractivity contribution in [3.8, 4) is 5.75 Å². The highest BCUT2D eigenvalue weighted by Crippen LogP contribution is 2.41. The van der Waals surface area contributed by atoms with Gasteiger partial charge in [0.1, 0.15) is 0 Å². The molecule has 172 valence electrons. The molecular formula is C17H16F4NO8S-. The first-order valence-electron chi connectivity index (χ1n) is 8.57. The van der Waals surface area contributed by atoms with Crippen LogP contribution in [-0.4, -0.2) is 48.3 Å². The number of aromatic amines is 1. The second-order valence-electron chi connectivity index (χ2n) is 6.33. The summed E-state index contributed by atoms with van der Waals surface area (Å²) in [5.74, 6) is -6.77. The Balaban J connectivity index is 1.77. The number of H-pyrrole nitrogens is 1. The number of carbonyl (C=O) groups is 1. The Bertz CT molecular complexity index is 1120. The van der Waals surface area contributed by atoms with Gasteiger partial charge in [0.2, 0.25) is 0 Å². The van der Waals surface area contributed by atoms with Crippen LogP contribution in [0.3, 0.4) is 0 Å². The number of alkyl halides is 4. The van der Waals surface area contributed by atoms with Gasteiger partial charge >= 0.3 is 22.9 Å². The van der Waals surface area contributed by atoms with Gasteiger partial charge in [-0.1, -0.05) is 12.6 Å². The van der Waals surface area contributed by atoms with Crippen LogP contribution in [0.4, 0.5) is 17.6 Å². The van der Waals surface area contributed by atoms with Crippen molar-refractivity contribution in [2.45, 2.75) is 30.4 Å². The van der Waals surface area contributed by atoms with Crippen LogP contribution < -0.4 is 10.5 Å². The molecule has 0 amide bonds. The van der Waals surface area contributed by atoms with E-state index in [1.54, 1.807) is 0 Å². The third-order valence-corrected chi connectivity index (χ3v) is 4.87. The quantitative estimate of drug-likeness (QED) is 0.132. The first-order valence-corrected chi connectivity index (χ1v) is 9.98. The molecule has 1 heterocycles. The van der Waals surface area contributed by atoms with Gasteiger partial charge in [-0.05, 0) is 25.0 Å². The van der Waals surface area contributed by atoms with E-state index in [0.29, 0.717) is 5.52 Å². The second-order valence-corrected chi connectivity index (χ2v) is 7.75. The molecule has 0 aliphatic heterocycles. The number of hydrogen-bond acceptors (Lipinski definition) is 8. The van der Waals surface area contributed by atoms with Gasteiger partial charge in [-0.3, -0.25) is 4.98 Å². The first kappa shape index (κ1) is 24.6. The second kappa shape index (κ2) is 9.20. The minimum atomic E-state index is -6.52. The van der Waals surface area contributed by atoms with Gasteiger partial charge in [-0.15, -0.1) is 0 Å². The van der Waals surface area contributed by atoms with E-state index in [0.717, 1.165) is 0 Å². The summed E-state index contributed by atoms with van der Waals surface area (Å²) < 4.78 is 98.3. The highest BCUT2D eigenvalue weighted by molar-refractivity contribution is 7.86. The lowest BCUT2D eigenvalue weighted by Crippen LogP contribution is -2.46. The van der Waals surface area contributed by atoms with Gasteiger partial charge in [0.25, 0.3) is 0 Å². The zero-order valence-electron chi connectivity index (χ0n) is 15.7. The molecule has 0 aliphatic rings. The third kappa shape index (κ3) is 5.71. The van der Waals surface area contributed by atoms with Crippen molar-refractivity contribution in [2.75, 3.05) is 13.2 Å². The van der Waals surface area contributed by atoms with Gasteiger partial charge < -0.3 is 18.4 Å². The molecule has 1 N–H and O–H groups in total. The zero-order valence-corrected chi connectivity index (χ0v) is 16.5. The summed E-state index contributed by atoms with van der Waals surface area (Å²) in [6.45, 7) is 2.80. The number of nitrogens with one attached hydrogen (secondary N) is 1. The van der Waals surface area contributed by atoms with E-state index in [2.05, 4.69) is 11.6 Å². The number of carbonyl (C=O) groups excluding carboxylic acids is 1. The fourth-order valence-electron chi connectivity index (χ4n) is 2.33. The standard InChI is InChI=1S/C17H17F4NO8S/c1-10(14(23)29-12-6-4-5-11-13(12)30-15(24)22-11)9-28-8-3-2-7-16(18,19)17(20,21)31(25,26)27/h4-6H,1-3,7-9H2,(H,22,24)(H,25,26,27)/p-1. The van der Waals surface area contributed by atoms with E-state index in [-0.39, 0.29) is 36.5 Å². The van der Waals surface area contributed by atoms with Crippen molar-refractivity contribution in [3.05, 3.63) is 40.9 Å². The number of para-hydroxylation sites is 1. The van der Waals surface area contributed by atoms with Gasteiger partial charge in [-0.2, -0.15) is 17.6 Å². The third-order valence-electron chi connectivity index (χ3n) is 3.95. The highest BCUT2D eigenvalue weighted by Gasteiger charge is 2.60. The molecule has 2 aromatic rings. The molecule has 31 heavy (non-hydrogen) atoms. The van der Waals surface area contributed by atoms with Gasteiger partial charge in [0.05, 0.1) is 17.7 Å². The summed E-state index contributed by atoms with van der Waals surface area (Å²) in [5, 5.41) is -5.72. The molecule has 2 rings (SSSR count). The number of fused-ring (bicyclic) bond motifs is 1. The van der Waals surface area contributed by atoms with E-state index < -0.39 is 45.9 Å². The maximum absolute atomic E-state index is 13.3. The van der Waals surface area contributed by atoms with Gasteiger partial charge in [0, 0.05) is 13.0 Å². The van der Waals surface area contributed by atoms with Crippen LogP contribution >= 0.6 is 0 Å². The smallest absolute Gasteiger partial charge is 0.417 e. The lowest BCUT2D eigenvalue weighted by Gasteiger charge is -2.28. The molecule has 0 unspecified atom stereocenters. The van der Waals surface area contributed by atoms with E-state index in [1.807, 2.05) is 0 Å². The van der Waals surface area contributed by atoms with Crippen LogP contribution in [0.25, 0.3) is 11.1 Å². The summed E-state index contributed by atoms with van der Waals surface area (Å²) in [5.41, 5.74) is 0.126. The maximum Gasteiger partial charge on any atom is 0.417 e. The highest BCUT2D eigenvalue weighted by atomic mass is 32.2. The monoisotopic (exact) mass is 470 g/mol. The van der Waals surface area contributed by atoms with E-state index >= 15 is 0 Å². The van der Waals surface area contributed by atoms with E-state index in [4.69, 9.17) is 13.9 Å². The van der Waals surface area contributed by atoms with Crippen molar-refractivity contribution >= 4 is 27.2 Å². The number of ether oxygens (including phenoxy) is 2. The molecule has 0 radical (unpaired) electrons. The van der Waals surface area contributed by atoms with Crippen molar-refractivity contribution in [3.63, 3.8) is 0 Å². The molecule has 0 saturated carbocycles. The number of halogens is 4. The topological polar surface area (TPSA) is 139 Å². The van der Waals surface area contributed by atoms with Crippen LogP contribution in [0.15, 0.2) is 39.6 Å². The molecule has 0 atom stereocenters. The van der Waals surface area contributed by atoms with Crippen molar-refractivity contribution in [2.24, 2.45) is 0 Å². The maximum atomic E-state index is 13.3. The number of unbranched alkanes of at least 4 members (excludes halogenated alkanes) is 1. The Morgan fingerprint density at radius 1 is 1.23 bits per heavy atom.